The third kappa shape index (κ3) is 24.7. The van der Waals surface area contributed by atoms with Crippen molar-refractivity contribution in [2.45, 2.75) is 123 Å². The number of aromatic nitrogens is 13. The zero-order chi connectivity index (χ0) is 74.3. The Morgan fingerprint density at radius 3 is 1.20 bits per heavy atom. The summed E-state index contributed by atoms with van der Waals surface area (Å²) >= 11 is 0. The van der Waals surface area contributed by atoms with Crippen LogP contribution in [0.2, 0.25) is 0 Å². The maximum atomic E-state index is 12.2. The highest BCUT2D eigenvalue weighted by atomic mass is 19.4. The van der Waals surface area contributed by atoms with Gasteiger partial charge in [0.25, 0.3) is 22.2 Å². The molecule has 544 valence electrons. The topological polar surface area (TPSA) is 357 Å². The average Bonchev–Trinajstić information content (AvgIpc) is 0.724. The van der Waals surface area contributed by atoms with E-state index in [4.69, 9.17) is 4.74 Å². The van der Waals surface area contributed by atoms with E-state index in [9.17, 15) is 82.3 Å². The summed E-state index contributed by atoms with van der Waals surface area (Å²) in [6.45, 7) is -0.629. The normalized spacial score (nSPS) is 14.5. The number of hydrogen-bond acceptors (Lipinski definition) is 21. The van der Waals surface area contributed by atoms with Crippen LogP contribution in [0.1, 0.15) is 59.8 Å². The van der Waals surface area contributed by atoms with Crippen molar-refractivity contribution in [3.8, 4) is 68.7 Å². The van der Waals surface area contributed by atoms with Crippen molar-refractivity contribution in [2.75, 3.05) is 26.3 Å². The van der Waals surface area contributed by atoms with Gasteiger partial charge in [0.2, 0.25) is 41.3 Å². The van der Waals surface area contributed by atoms with Crippen LogP contribution < -0.4 is 62.5 Å². The van der Waals surface area contributed by atoms with E-state index in [1.54, 1.807) is 19.9 Å². The highest BCUT2D eigenvalue weighted by Gasteiger charge is 2.57. The van der Waals surface area contributed by atoms with Crippen molar-refractivity contribution in [1.82, 2.24) is 85.3 Å². The second kappa shape index (κ2) is 36.0. The first-order valence-corrected chi connectivity index (χ1v) is 30.8. The average molecular weight is 1440 g/mol. The minimum atomic E-state index is -4.49. The highest BCUT2D eigenvalue weighted by Crippen LogP contribution is 2.56. The number of rotatable bonds is 26. The molecule has 0 aliphatic heterocycles. The monoisotopic (exact) mass is 1440 g/mol. The van der Waals surface area contributed by atoms with Crippen LogP contribution in [0.25, 0.3) is 45.0 Å². The minimum absolute atomic E-state index is 0.00189. The summed E-state index contributed by atoms with van der Waals surface area (Å²) in [4.78, 5) is 113. The van der Waals surface area contributed by atoms with Crippen molar-refractivity contribution in [3.63, 3.8) is 0 Å². The Balaban J connectivity index is 0.000000191. The summed E-state index contributed by atoms with van der Waals surface area (Å²) in [6.07, 6.45) is 0.371. The van der Waals surface area contributed by atoms with Gasteiger partial charge in [0, 0.05) is 120 Å². The summed E-state index contributed by atoms with van der Waals surface area (Å²) < 4.78 is 143. The van der Waals surface area contributed by atoms with Crippen molar-refractivity contribution in [2.24, 2.45) is 5.92 Å². The number of likely N-dealkylation sites (N-methyl/N-ethyl adjacent to an activating group) is 2. The molecule has 102 heavy (non-hydrogen) atoms. The number of pyridine rings is 3. The Kier molecular flexibility index (Phi) is 27.4. The molecule has 0 aromatic carbocycles. The SMILES string of the molecule is CCC(C)NC(=O)Cn1nc(-c2ccc(OC(F)F)nc2)ccc1=O.CCNC(=O)Cn1nc(-c2ccc(OCCC(F)(F)F)nc2)ccc1=O.CCNC(=O)Cn1nc(-c2cnc(OCC(F)(F)F)nc2)ccc1=O.O=C(Cn1nc(-c2ccc(OC(F)F)nc2)ccc1=O)NC12CC(C1)C2. The first-order valence-electron chi connectivity index (χ1n) is 30.8. The third-order valence-electron chi connectivity index (χ3n) is 14.3. The van der Waals surface area contributed by atoms with Crippen molar-refractivity contribution in [1.29, 1.82) is 0 Å². The molecule has 3 fully saturated rings. The molecule has 4 amide bonds. The molecular formula is C63H65F10N17O12. The second-order valence-electron chi connectivity index (χ2n) is 22.2. The van der Waals surface area contributed by atoms with Gasteiger partial charge in [0.05, 0.1) is 35.8 Å². The number of carbonyl (C=O) groups excluding carboxylic acids is 4. The first kappa shape index (κ1) is 77.8. The molecule has 3 aliphatic rings. The third-order valence-corrected chi connectivity index (χ3v) is 14.3. The fourth-order valence-corrected chi connectivity index (χ4v) is 9.25. The fraction of sp³-hybridized carbons (Fsp3) is 0.381. The molecule has 3 aliphatic carbocycles. The molecule has 8 aromatic rings. The predicted octanol–water partition coefficient (Wildman–Crippen LogP) is 5.95. The lowest BCUT2D eigenvalue weighted by molar-refractivity contribution is -0.154. The molecule has 11 rings (SSSR count). The number of amides is 4. The Morgan fingerprint density at radius 1 is 0.490 bits per heavy atom. The number of alkyl halides is 10. The van der Waals surface area contributed by atoms with Crippen molar-refractivity contribution >= 4 is 23.6 Å². The van der Waals surface area contributed by atoms with Crippen LogP contribution in [0.5, 0.6) is 23.7 Å². The van der Waals surface area contributed by atoms with Crippen molar-refractivity contribution in [3.05, 3.63) is 157 Å². The van der Waals surface area contributed by atoms with E-state index in [-0.39, 0.29) is 84.7 Å². The smallest absolute Gasteiger partial charge is 0.422 e. The van der Waals surface area contributed by atoms with Gasteiger partial charge in [-0.05, 0) is 94.8 Å². The van der Waals surface area contributed by atoms with E-state index in [1.165, 1.54) is 110 Å². The molecule has 0 spiro atoms. The lowest BCUT2D eigenvalue weighted by atomic mass is 9.50. The van der Waals surface area contributed by atoms with Crippen LogP contribution in [0.3, 0.4) is 0 Å². The number of halogens is 10. The summed E-state index contributed by atoms with van der Waals surface area (Å²) in [5.41, 5.74) is 1.56. The van der Waals surface area contributed by atoms with Gasteiger partial charge in [-0.25, -0.2) is 43.6 Å². The molecule has 4 N–H and O–H groups in total. The van der Waals surface area contributed by atoms with Gasteiger partial charge in [-0.2, -0.15) is 64.3 Å². The Bertz CT molecular complexity index is 4360. The van der Waals surface area contributed by atoms with Crippen molar-refractivity contribution < 1.29 is 82.0 Å². The predicted molar refractivity (Wildman–Crippen MR) is 339 cm³/mol. The molecule has 29 nitrogen and oxygen atoms in total. The van der Waals surface area contributed by atoms with E-state index in [0.717, 1.165) is 50.3 Å². The van der Waals surface area contributed by atoms with Crippen LogP contribution in [-0.4, -0.2) is 151 Å². The largest absolute Gasteiger partial charge is 0.477 e. The van der Waals surface area contributed by atoms with E-state index in [2.05, 4.69) is 80.8 Å². The quantitative estimate of drug-likeness (QED) is 0.0455. The van der Waals surface area contributed by atoms with Gasteiger partial charge in [0.15, 0.2) is 6.61 Å². The first-order chi connectivity index (χ1) is 48.4. The van der Waals surface area contributed by atoms with Crippen LogP contribution in [-0.2, 0) is 45.4 Å². The van der Waals surface area contributed by atoms with Gasteiger partial charge in [-0.1, -0.05) is 6.92 Å². The molecule has 8 heterocycles. The van der Waals surface area contributed by atoms with Gasteiger partial charge in [-0.15, -0.1) is 0 Å². The maximum Gasteiger partial charge on any atom is 0.422 e. The number of ether oxygens (including phenoxy) is 4. The molecule has 0 saturated heterocycles. The van der Waals surface area contributed by atoms with Gasteiger partial charge in [-0.3, -0.25) is 38.4 Å². The Labute approximate surface area is 570 Å². The number of carbonyl (C=O) groups is 4. The molecule has 2 bridgehead atoms. The molecule has 39 heteroatoms. The molecule has 8 aromatic heterocycles. The lowest BCUT2D eigenvalue weighted by Crippen LogP contribution is -2.68. The molecule has 1 atom stereocenters. The molecular weight excluding hydrogens is 1380 g/mol. The van der Waals surface area contributed by atoms with Gasteiger partial charge in [0.1, 0.15) is 26.2 Å². The van der Waals surface area contributed by atoms with E-state index >= 15 is 0 Å². The van der Waals surface area contributed by atoms with Crippen LogP contribution in [0.15, 0.2) is 135 Å². The number of nitrogens with one attached hydrogen (secondary N) is 4. The molecule has 0 radical (unpaired) electrons. The Hall–Kier alpha value is -11.6. The standard InChI is InChI=1S/C17H16F2N4O3.C16H17F3N4O3.C16H18F2N4O3.C14H14F3N5O3/c18-16(19)26-14-3-1-11(8-20-14)12-2-4-15(25)23(22-12)9-13(24)21-17-5-10(6-17)7-17;1-2-20-13(24)10-23-15(25)6-4-12(22-23)11-3-5-14(21-9-11)26-8-7-16(17,18)19;1-3-10(2)20-13(23)9-22-15(24)7-5-12(21-22)11-4-6-14(19-8-11)25-16(17)18;1-2-18-11(23)7-22-12(24)4-3-10(21-22)9-5-19-13(20-6-9)25-8-14(15,16)17/h1-4,8,10,16H,5-7,9H2,(H,21,24);3-6,9H,2,7-8,10H2,1H3,(H,20,24);4-8,10,16H,3,9H2,1-2H3,(H,20,23);3-6H,2,7-8H2,1H3,(H,18,23). The fourth-order valence-electron chi connectivity index (χ4n) is 9.25. The molecule has 1 unspecified atom stereocenters. The summed E-state index contributed by atoms with van der Waals surface area (Å²) in [5.74, 6) is -0.923. The second-order valence-corrected chi connectivity index (χ2v) is 22.2. The number of nitrogens with zero attached hydrogens (tertiary/aromatic N) is 13. The van der Waals surface area contributed by atoms with Crippen LogP contribution in [0.4, 0.5) is 43.9 Å². The summed E-state index contributed by atoms with van der Waals surface area (Å²) in [5, 5.41) is 27.3. The highest BCUT2D eigenvalue weighted by molar-refractivity contribution is 5.78. The summed E-state index contributed by atoms with van der Waals surface area (Å²) in [6, 6.07) is 19.0. The van der Waals surface area contributed by atoms with E-state index in [0.29, 0.717) is 52.4 Å². The Morgan fingerprint density at radius 2 is 0.863 bits per heavy atom. The zero-order valence-corrected chi connectivity index (χ0v) is 54.5. The maximum absolute atomic E-state index is 12.2. The molecule has 3 saturated carbocycles. The zero-order valence-electron chi connectivity index (χ0n) is 54.5. The van der Waals surface area contributed by atoms with E-state index < -0.39 is 73.5 Å². The number of hydrogen-bond donors (Lipinski definition) is 4. The van der Waals surface area contributed by atoms with Gasteiger partial charge >= 0.3 is 31.6 Å². The minimum Gasteiger partial charge on any atom is -0.477 e. The van der Waals surface area contributed by atoms with E-state index in [1.807, 2.05) is 13.8 Å². The van der Waals surface area contributed by atoms with Gasteiger partial charge < -0.3 is 40.2 Å². The summed E-state index contributed by atoms with van der Waals surface area (Å²) in [7, 11) is 0. The van der Waals surface area contributed by atoms with Crippen LogP contribution in [0, 0.1) is 5.92 Å². The lowest BCUT2D eigenvalue weighted by Gasteiger charge is -2.61. The van der Waals surface area contributed by atoms with Crippen LogP contribution >= 0.6 is 0 Å².